The van der Waals surface area contributed by atoms with Gasteiger partial charge in [-0.3, -0.25) is 23.6 Å². The zero-order valence-corrected chi connectivity index (χ0v) is 21.9. The molecule has 5 rings (SSSR count). The first-order valence-electron chi connectivity index (χ1n) is 13.6. The molecule has 0 radical (unpaired) electrons. The van der Waals surface area contributed by atoms with Crippen molar-refractivity contribution < 1.29 is 18.3 Å². The molecule has 3 aromatic rings. The van der Waals surface area contributed by atoms with Crippen molar-refractivity contribution in [1.29, 1.82) is 0 Å². The number of likely N-dealkylation sites (tertiary alicyclic amines) is 2. The third-order valence-electron chi connectivity index (χ3n) is 7.77. The molecule has 0 atom stereocenters. The standard InChI is InChI=1S/C29H34F2N4O4/c30-16-25(17-31)39-24-7-8-27-26(15-24)28(37)34(29(38)35(27)23-9-13-33(20-36)14-10-23)19-22-5-3-21(4-6-22)18-32-11-1-2-12-32/h3-8,15,20,23,25H,1-2,9-14,16-19H2. The summed E-state index contributed by atoms with van der Waals surface area (Å²) in [6.07, 6.45) is 3.13. The van der Waals surface area contributed by atoms with Crippen LogP contribution in [0.5, 0.6) is 5.75 Å². The second kappa shape index (κ2) is 12.1. The highest BCUT2D eigenvalue weighted by atomic mass is 19.1. The number of carbonyl (C=O) groups is 1. The van der Waals surface area contributed by atoms with Crippen molar-refractivity contribution in [3.8, 4) is 5.75 Å². The molecule has 0 N–H and O–H groups in total. The number of aromatic nitrogens is 2. The molecule has 0 spiro atoms. The van der Waals surface area contributed by atoms with E-state index in [1.165, 1.54) is 35.1 Å². The minimum absolute atomic E-state index is 0.0907. The molecule has 10 heteroatoms. The molecule has 3 heterocycles. The molecule has 208 valence electrons. The summed E-state index contributed by atoms with van der Waals surface area (Å²) in [5, 5.41) is 0.243. The average Bonchev–Trinajstić information content (AvgIpc) is 3.48. The molecule has 2 fully saturated rings. The van der Waals surface area contributed by atoms with Crippen molar-refractivity contribution in [1.82, 2.24) is 18.9 Å². The second-order valence-electron chi connectivity index (χ2n) is 10.4. The summed E-state index contributed by atoms with van der Waals surface area (Å²) >= 11 is 0. The van der Waals surface area contributed by atoms with E-state index in [1.54, 1.807) is 15.5 Å². The Bertz CT molecular complexity index is 1400. The molecule has 0 saturated carbocycles. The topological polar surface area (TPSA) is 76.8 Å². The van der Waals surface area contributed by atoms with E-state index >= 15 is 0 Å². The van der Waals surface area contributed by atoms with Gasteiger partial charge < -0.3 is 9.64 Å². The van der Waals surface area contributed by atoms with Gasteiger partial charge in [0.15, 0.2) is 6.10 Å². The molecule has 2 aliphatic heterocycles. The summed E-state index contributed by atoms with van der Waals surface area (Å²) in [6.45, 7) is 2.19. The highest BCUT2D eigenvalue weighted by Gasteiger charge is 2.25. The number of rotatable bonds is 10. The van der Waals surface area contributed by atoms with Crippen molar-refractivity contribution in [2.45, 2.75) is 50.9 Å². The largest absolute Gasteiger partial charge is 0.485 e. The minimum atomic E-state index is -1.26. The van der Waals surface area contributed by atoms with Crippen LogP contribution >= 0.6 is 0 Å². The molecule has 0 aliphatic carbocycles. The van der Waals surface area contributed by atoms with Crippen molar-refractivity contribution in [3.05, 3.63) is 74.4 Å². The predicted molar refractivity (Wildman–Crippen MR) is 145 cm³/mol. The molecular weight excluding hydrogens is 506 g/mol. The van der Waals surface area contributed by atoms with Crippen molar-refractivity contribution in [2.75, 3.05) is 39.5 Å². The van der Waals surface area contributed by atoms with E-state index in [-0.39, 0.29) is 23.7 Å². The van der Waals surface area contributed by atoms with Crippen LogP contribution in [0.2, 0.25) is 0 Å². The molecule has 2 aromatic carbocycles. The fraction of sp³-hybridized carbons (Fsp3) is 0.483. The number of halogens is 2. The Kier molecular flexibility index (Phi) is 8.40. The van der Waals surface area contributed by atoms with E-state index in [2.05, 4.69) is 4.90 Å². The fourth-order valence-corrected chi connectivity index (χ4v) is 5.61. The van der Waals surface area contributed by atoms with Gasteiger partial charge in [-0.15, -0.1) is 0 Å². The van der Waals surface area contributed by atoms with Crippen LogP contribution in [0, 0.1) is 0 Å². The Morgan fingerprint density at radius 1 is 0.897 bits per heavy atom. The Hall–Kier alpha value is -3.53. The van der Waals surface area contributed by atoms with Gasteiger partial charge >= 0.3 is 5.69 Å². The number of benzene rings is 2. The maximum atomic E-state index is 13.8. The number of ether oxygens (including phenoxy) is 1. The first kappa shape index (κ1) is 27.1. The van der Waals surface area contributed by atoms with Gasteiger partial charge in [0.1, 0.15) is 19.1 Å². The first-order chi connectivity index (χ1) is 19.0. The minimum Gasteiger partial charge on any atom is -0.485 e. The normalized spacial score (nSPS) is 16.8. The summed E-state index contributed by atoms with van der Waals surface area (Å²) < 4.78 is 34.5. The lowest BCUT2D eigenvalue weighted by molar-refractivity contribution is -0.119. The maximum Gasteiger partial charge on any atom is 0.332 e. The lowest BCUT2D eigenvalue weighted by atomic mass is 10.0. The van der Waals surface area contributed by atoms with Crippen LogP contribution in [0.4, 0.5) is 8.78 Å². The van der Waals surface area contributed by atoms with E-state index in [0.717, 1.165) is 31.6 Å². The first-order valence-corrected chi connectivity index (χ1v) is 13.6. The highest BCUT2D eigenvalue weighted by Crippen LogP contribution is 2.26. The Balaban J connectivity index is 1.52. The summed E-state index contributed by atoms with van der Waals surface area (Å²) in [4.78, 5) is 42.8. The summed E-state index contributed by atoms with van der Waals surface area (Å²) in [5.74, 6) is 0.165. The van der Waals surface area contributed by atoms with Crippen LogP contribution in [0.15, 0.2) is 52.1 Å². The number of amides is 1. The van der Waals surface area contributed by atoms with Gasteiger partial charge in [0.25, 0.3) is 5.56 Å². The van der Waals surface area contributed by atoms with E-state index in [9.17, 15) is 23.2 Å². The maximum absolute atomic E-state index is 13.8. The monoisotopic (exact) mass is 540 g/mol. The number of fused-ring (bicyclic) bond motifs is 1. The molecule has 1 aromatic heterocycles. The summed E-state index contributed by atoms with van der Waals surface area (Å²) in [7, 11) is 0. The van der Waals surface area contributed by atoms with Gasteiger partial charge in [-0.1, -0.05) is 24.3 Å². The third-order valence-corrected chi connectivity index (χ3v) is 7.77. The molecule has 0 bridgehead atoms. The van der Waals surface area contributed by atoms with Gasteiger partial charge in [0.2, 0.25) is 6.41 Å². The predicted octanol–water partition coefficient (Wildman–Crippen LogP) is 3.29. The number of nitrogens with zero attached hydrogens (tertiary/aromatic N) is 4. The van der Waals surface area contributed by atoms with Crippen molar-refractivity contribution in [2.24, 2.45) is 0 Å². The smallest absolute Gasteiger partial charge is 0.332 e. The number of hydrogen-bond acceptors (Lipinski definition) is 5. The van der Waals surface area contributed by atoms with Crippen LogP contribution < -0.4 is 16.0 Å². The molecular formula is C29H34F2N4O4. The van der Waals surface area contributed by atoms with Crippen molar-refractivity contribution >= 4 is 17.3 Å². The zero-order chi connectivity index (χ0) is 27.4. The van der Waals surface area contributed by atoms with Crippen molar-refractivity contribution in [3.63, 3.8) is 0 Å². The lowest BCUT2D eigenvalue weighted by Gasteiger charge is -2.31. The number of carbonyl (C=O) groups excluding carboxylic acids is 1. The molecule has 2 saturated heterocycles. The Labute approximate surface area is 225 Å². The van der Waals surface area contributed by atoms with Gasteiger partial charge in [-0.25, -0.2) is 13.6 Å². The molecule has 2 aliphatic rings. The fourth-order valence-electron chi connectivity index (χ4n) is 5.61. The molecule has 1 amide bonds. The van der Waals surface area contributed by atoms with E-state index < -0.39 is 30.7 Å². The van der Waals surface area contributed by atoms with Gasteiger partial charge in [0, 0.05) is 25.7 Å². The van der Waals surface area contributed by atoms with Gasteiger partial charge in [-0.2, -0.15) is 0 Å². The van der Waals surface area contributed by atoms with E-state index in [0.29, 0.717) is 31.4 Å². The van der Waals surface area contributed by atoms with Gasteiger partial charge in [-0.05, 0) is 68.1 Å². The Morgan fingerprint density at radius 3 is 2.15 bits per heavy atom. The molecule has 8 nitrogen and oxygen atoms in total. The lowest BCUT2D eigenvalue weighted by Crippen LogP contribution is -2.44. The van der Waals surface area contributed by atoms with Crippen LogP contribution in [0.3, 0.4) is 0 Å². The highest BCUT2D eigenvalue weighted by molar-refractivity contribution is 5.80. The average molecular weight is 541 g/mol. The van der Waals surface area contributed by atoms with Crippen LogP contribution in [-0.4, -0.2) is 71.0 Å². The number of hydrogen-bond donors (Lipinski definition) is 0. The van der Waals surface area contributed by atoms with Crippen LogP contribution in [-0.2, 0) is 17.9 Å². The molecule has 39 heavy (non-hydrogen) atoms. The zero-order valence-electron chi connectivity index (χ0n) is 21.9. The number of alkyl halides is 2. The van der Waals surface area contributed by atoms with Crippen LogP contribution in [0.1, 0.15) is 42.9 Å². The summed E-state index contributed by atoms with van der Waals surface area (Å²) in [6, 6.07) is 12.3. The van der Waals surface area contributed by atoms with Crippen LogP contribution in [0.25, 0.3) is 10.9 Å². The second-order valence-corrected chi connectivity index (χ2v) is 10.4. The van der Waals surface area contributed by atoms with Gasteiger partial charge in [0.05, 0.1) is 17.4 Å². The van der Waals surface area contributed by atoms with E-state index in [4.69, 9.17) is 4.74 Å². The van der Waals surface area contributed by atoms with E-state index in [1.807, 2.05) is 24.3 Å². The quantitative estimate of drug-likeness (QED) is 0.369. The third kappa shape index (κ3) is 5.90. The Morgan fingerprint density at radius 2 is 1.54 bits per heavy atom. The summed E-state index contributed by atoms with van der Waals surface area (Å²) in [5.41, 5.74) is 1.54. The number of piperidine rings is 1. The SMILES string of the molecule is O=CN1CCC(n2c(=O)n(Cc3ccc(CN4CCCC4)cc3)c(=O)c3cc(OC(CF)CF)ccc32)CC1. The molecule has 0 unspecified atom stereocenters.